The second-order valence-electron chi connectivity index (χ2n) is 6.65. The predicted molar refractivity (Wildman–Crippen MR) is 98.8 cm³/mol. The van der Waals surface area contributed by atoms with E-state index in [2.05, 4.69) is 10.4 Å². The molecule has 0 aliphatic carbocycles. The molecule has 2 heterocycles. The van der Waals surface area contributed by atoms with Gasteiger partial charge in [-0.05, 0) is 25.0 Å². The van der Waals surface area contributed by atoms with Crippen molar-refractivity contribution in [2.75, 3.05) is 26.7 Å². The minimum Gasteiger partial charge on any atom is -0.493 e. The van der Waals surface area contributed by atoms with Crippen LogP contribution < -0.4 is 10.1 Å². The first-order valence-electron chi connectivity index (χ1n) is 8.93. The van der Waals surface area contributed by atoms with E-state index in [-0.39, 0.29) is 36.3 Å². The second kappa shape index (κ2) is 8.22. The first kappa shape index (κ1) is 18.9. The molecule has 8 heteroatoms. The third-order valence-corrected chi connectivity index (χ3v) is 4.45. The Kier molecular flexibility index (Phi) is 5.75. The molecule has 0 saturated heterocycles. The number of aryl methyl sites for hydroxylation is 1. The van der Waals surface area contributed by atoms with Crippen molar-refractivity contribution in [1.29, 1.82) is 0 Å². The summed E-state index contributed by atoms with van der Waals surface area (Å²) in [5.41, 5.74) is 1.55. The van der Waals surface area contributed by atoms with Crippen LogP contribution in [0.15, 0.2) is 30.3 Å². The van der Waals surface area contributed by atoms with Gasteiger partial charge in [0.2, 0.25) is 0 Å². The number of nitrogens with one attached hydrogen (secondary N) is 1. The van der Waals surface area contributed by atoms with Crippen LogP contribution >= 0.6 is 0 Å². The van der Waals surface area contributed by atoms with Gasteiger partial charge in [-0.3, -0.25) is 14.3 Å². The number of fused-ring (bicyclic) bond motifs is 1. The summed E-state index contributed by atoms with van der Waals surface area (Å²) in [6.45, 7) is 3.33. The van der Waals surface area contributed by atoms with E-state index < -0.39 is 6.10 Å². The van der Waals surface area contributed by atoms with E-state index in [1.807, 2.05) is 31.2 Å². The molecule has 0 unspecified atom stereocenters. The maximum absolute atomic E-state index is 12.6. The number of aliphatic hydroxyl groups is 1. The molecule has 3 rings (SSSR count). The van der Waals surface area contributed by atoms with E-state index in [0.717, 1.165) is 11.3 Å². The van der Waals surface area contributed by atoms with Crippen molar-refractivity contribution in [2.24, 2.45) is 0 Å². The molecule has 1 aromatic carbocycles. The van der Waals surface area contributed by atoms with Crippen LogP contribution in [0.4, 0.5) is 0 Å². The van der Waals surface area contributed by atoms with Gasteiger partial charge in [0, 0.05) is 26.2 Å². The highest BCUT2D eigenvalue weighted by molar-refractivity contribution is 5.98. The first-order valence-corrected chi connectivity index (χ1v) is 8.93. The summed E-state index contributed by atoms with van der Waals surface area (Å²) in [6.07, 6.45) is -0.0575. The Bertz CT molecular complexity index is 833. The lowest BCUT2D eigenvalue weighted by atomic mass is 10.2. The van der Waals surface area contributed by atoms with Gasteiger partial charge in [0.05, 0.1) is 19.3 Å². The molecule has 27 heavy (non-hydrogen) atoms. The quantitative estimate of drug-likeness (QED) is 0.733. The lowest BCUT2D eigenvalue weighted by Crippen LogP contribution is -2.31. The highest BCUT2D eigenvalue weighted by atomic mass is 16.5. The summed E-state index contributed by atoms with van der Waals surface area (Å²) in [7, 11) is 1.69. The fourth-order valence-electron chi connectivity index (χ4n) is 2.91. The molecule has 2 N–H and O–H groups in total. The topological polar surface area (TPSA) is 96.7 Å². The van der Waals surface area contributed by atoms with Gasteiger partial charge in [0.15, 0.2) is 5.69 Å². The normalized spacial score (nSPS) is 16.3. The number of carbonyl (C=O) groups excluding carboxylic acids is 2. The Labute approximate surface area is 157 Å². The number of β-amino-alcohol motifs (C(OH)–C–C–N with tert-alkyl or cyclic N) is 1. The minimum atomic E-state index is -0.727. The summed E-state index contributed by atoms with van der Waals surface area (Å²) in [5.74, 6) is 0.232. The van der Waals surface area contributed by atoms with E-state index in [4.69, 9.17) is 4.74 Å². The smallest absolute Gasteiger partial charge is 0.274 e. The van der Waals surface area contributed by atoms with Crippen molar-refractivity contribution in [3.8, 4) is 5.75 Å². The number of ether oxygens (including phenoxy) is 1. The Morgan fingerprint density at radius 1 is 1.44 bits per heavy atom. The second-order valence-corrected chi connectivity index (χ2v) is 6.65. The number of hydrogen-bond donors (Lipinski definition) is 2. The van der Waals surface area contributed by atoms with Gasteiger partial charge in [0.25, 0.3) is 11.8 Å². The highest BCUT2D eigenvalue weighted by Crippen LogP contribution is 2.16. The number of rotatable bonds is 6. The van der Waals surface area contributed by atoms with E-state index in [1.54, 1.807) is 11.9 Å². The number of benzene rings is 1. The zero-order valence-electron chi connectivity index (χ0n) is 15.5. The average molecular weight is 372 g/mol. The molecule has 0 radical (unpaired) electrons. The van der Waals surface area contributed by atoms with Crippen LogP contribution in [0, 0.1) is 6.92 Å². The largest absolute Gasteiger partial charge is 0.493 e. The molecule has 0 bridgehead atoms. The zero-order valence-corrected chi connectivity index (χ0v) is 15.5. The van der Waals surface area contributed by atoms with E-state index in [0.29, 0.717) is 19.6 Å². The minimum absolute atomic E-state index is 0.173. The monoisotopic (exact) mass is 372 g/mol. The van der Waals surface area contributed by atoms with E-state index in [1.165, 1.54) is 10.7 Å². The Balaban J connectivity index is 1.55. The van der Waals surface area contributed by atoms with Crippen LogP contribution in [-0.4, -0.2) is 64.4 Å². The van der Waals surface area contributed by atoms with Gasteiger partial charge in [-0.15, -0.1) is 0 Å². The zero-order chi connectivity index (χ0) is 19.4. The summed E-state index contributed by atoms with van der Waals surface area (Å²) < 4.78 is 7.12. The SMILES string of the molecule is Cc1ccccc1OCCCN(C)C(=O)c1cc2n(n1)C[C@H](O)CNC2=O. The molecule has 1 aliphatic rings. The number of aliphatic hydroxyl groups excluding tert-OH is 1. The Morgan fingerprint density at radius 2 is 2.22 bits per heavy atom. The molecule has 1 aromatic heterocycles. The van der Waals surface area contributed by atoms with E-state index >= 15 is 0 Å². The fourth-order valence-corrected chi connectivity index (χ4v) is 2.91. The third kappa shape index (κ3) is 4.46. The van der Waals surface area contributed by atoms with Crippen LogP contribution in [0.25, 0.3) is 0 Å². The van der Waals surface area contributed by atoms with Crippen LogP contribution in [0.3, 0.4) is 0 Å². The Morgan fingerprint density at radius 3 is 3.00 bits per heavy atom. The number of amides is 2. The molecule has 2 amide bonds. The summed E-state index contributed by atoms with van der Waals surface area (Å²) >= 11 is 0. The molecule has 1 aliphatic heterocycles. The van der Waals surface area contributed by atoms with Gasteiger partial charge in [0.1, 0.15) is 11.4 Å². The van der Waals surface area contributed by atoms with Crippen molar-refractivity contribution in [3.05, 3.63) is 47.3 Å². The fraction of sp³-hybridized carbons (Fsp3) is 0.421. The van der Waals surface area contributed by atoms with Crippen molar-refractivity contribution >= 4 is 11.8 Å². The number of carbonyl (C=O) groups is 2. The Hall–Kier alpha value is -2.87. The summed E-state index contributed by atoms with van der Waals surface area (Å²) in [5, 5.41) is 16.6. The van der Waals surface area contributed by atoms with Crippen molar-refractivity contribution in [3.63, 3.8) is 0 Å². The van der Waals surface area contributed by atoms with Crippen molar-refractivity contribution < 1.29 is 19.4 Å². The van der Waals surface area contributed by atoms with Crippen LogP contribution in [0.2, 0.25) is 0 Å². The number of aromatic nitrogens is 2. The van der Waals surface area contributed by atoms with Crippen molar-refractivity contribution in [1.82, 2.24) is 20.0 Å². The van der Waals surface area contributed by atoms with Gasteiger partial charge < -0.3 is 20.1 Å². The number of hydrogen-bond acceptors (Lipinski definition) is 5. The highest BCUT2D eigenvalue weighted by Gasteiger charge is 2.25. The van der Waals surface area contributed by atoms with Gasteiger partial charge in [-0.1, -0.05) is 18.2 Å². The van der Waals surface area contributed by atoms with Crippen LogP contribution in [0.5, 0.6) is 5.75 Å². The van der Waals surface area contributed by atoms with Crippen molar-refractivity contribution in [2.45, 2.75) is 26.0 Å². The molecule has 1 atom stereocenters. The molecular weight excluding hydrogens is 348 g/mol. The first-order chi connectivity index (χ1) is 13.0. The lowest BCUT2D eigenvalue weighted by molar-refractivity contribution is 0.0779. The maximum Gasteiger partial charge on any atom is 0.274 e. The van der Waals surface area contributed by atoms with Crippen LogP contribution in [-0.2, 0) is 6.54 Å². The lowest BCUT2D eigenvalue weighted by Gasteiger charge is -2.16. The number of nitrogens with zero attached hydrogens (tertiary/aromatic N) is 3. The molecule has 0 spiro atoms. The van der Waals surface area contributed by atoms with Gasteiger partial charge in [-0.2, -0.15) is 5.10 Å². The molecular formula is C19H24N4O4. The predicted octanol–water partition coefficient (Wildman–Crippen LogP) is 0.837. The molecule has 144 valence electrons. The van der Waals surface area contributed by atoms with Crippen LogP contribution in [0.1, 0.15) is 33.0 Å². The molecule has 8 nitrogen and oxygen atoms in total. The standard InChI is InChI=1S/C19H24N4O4/c1-13-6-3-4-7-17(13)27-9-5-8-22(2)19(26)15-10-16-18(25)20-11-14(24)12-23(16)21-15/h3-4,6-7,10,14,24H,5,8-9,11-12H2,1-2H3,(H,20,25)/t14-/m1/s1. The summed E-state index contributed by atoms with van der Waals surface area (Å²) in [4.78, 5) is 26.1. The third-order valence-electron chi connectivity index (χ3n) is 4.45. The molecule has 2 aromatic rings. The van der Waals surface area contributed by atoms with E-state index in [9.17, 15) is 14.7 Å². The number of para-hydroxylation sites is 1. The van der Waals surface area contributed by atoms with Gasteiger partial charge >= 0.3 is 0 Å². The average Bonchev–Trinajstić information content (AvgIpc) is 3.02. The molecule has 0 fully saturated rings. The molecule has 0 saturated carbocycles. The van der Waals surface area contributed by atoms with Gasteiger partial charge in [-0.25, -0.2) is 0 Å². The summed E-state index contributed by atoms with van der Waals surface area (Å²) in [6, 6.07) is 9.26. The maximum atomic E-state index is 12.6.